The van der Waals surface area contributed by atoms with Crippen molar-refractivity contribution < 1.29 is 18.8 Å². The van der Waals surface area contributed by atoms with Crippen molar-refractivity contribution in [3.8, 4) is 11.5 Å². The molecule has 1 heterocycles. The smallest absolute Gasteiger partial charge is 0.314 e. The van der Waals surface area contributed by atoms with Crippen molar-refractivity contribution in [2.24, 2.45) is 0 Å². The maximum absolute atomic E-state index is 13.2. The van der Waals surface area contributed by atoms with Gasteiger partial charge >= 0.3 is 5.69 Å². The number of nitro benzene ring substituents is 1. The number of nitrogens with one attached hydrogen (secondary N) is 1. The monoisotopic (exact) mass is 358 g/mol. The minimum atomic E-state index is -0.744. The number of carbonyl (C=O) groups excluding carboxylic acids is 1. The third kappa shape index (κ3) is 3.81. The summed E-state index contributed by atoms with van der Waals surface area (Å²) in [6.45, 7) is 0. The zero-order chi connectivity index (χ0) is 17.8. The third-order valence-electron chi connectivity index (χ3n) is 3.20. The largest absolute Gasteiger partial charge is 0.448 e. The fourth-order valence-corrected chi connectivity index (χ4v) is 2.80. The number of nitrogens with zero attached hydrogens (tertiary/aromatic N) is 1. The van der Waals surface area contributed by atoms with E-state index in [-0.39, 0.29) is 16.4 Å². The quantitative estimate of drug-likeness (QED) is 0.523. The van der Waals surface area contributed by atoms with Gasteiger partial charge in [-0.05, 0) is 35.7 Å². The van der Waals surface area contributed by atoms with Crippen LogP contribution in [-0.4, -0.2) is 10.8 Å². The van der Waals surface area contributed by atoms with Crippen LogP contribution in [0.25, 0.3) is 0 Å². The van der Waals surface area contributed by atoms with Crippen molar-refractivity contribution >= 4 is 28.6 Å². The normalized spacial score (nSPS) is 10.3. The summed E-state index contributed by atoms with van der Waals surface area (Å²) in [4.78, 5) is 22.9. The molecule has 0 aliphatic heterocycles. The average Bonchev–Trinajstić information content (AvgIpc) is 3.05. The van der Waals surface area contributed by atoms with Crippen molar-refractivity contribution in [2.75, 3.05) is 5.32 Å². The lowest BCUT2D eigenvalue weighted by Gasteiger charge is -2.08. The Morgan fingerprint density at radius 2 is 1.88 bits per heavy atom. The molecule has 0 fully saturated rings. The van der Waals surface area contributed by atoms with Gasteiger partial charge in [-0.3, -0.25) is 14.9 Å². The maximum Gasteiger partial charge on any atom is 0.314 e. The summed E-state index contributed by atoms with van der Waals surface area (Å²) < 4.78 is 18.7. The molecule has 2 aromatic carbocycles. The van der Waals surface area contributed by atoms with Crippen LogP contribution in [0.4, 0.5) is 15.8 Å². The van der Waals surface area contributed by atoms with Gasteiger partial charge in [-0.15, -0.1) is 11.3 Å². The van der Waals surface area contributed by atoms with Gasteiger partial charge < -0.3 is 10.1 Å². The molecule has 3 rings (SSSR count). The second-order valence-corrected chi connectivity index (χ2v) is 5.82. The summed E-state index contributed by atoms with van der Waals surface area (Å²) in [7, 11) is 0. The van der Waals surface area contributed by atoms with E-state index in [1.54, 1.807) is 29.6 Å². The van der Waals surface area contributed by atoms with Crippen LogP contribution in [-0.2, 0) is 0 Å². The first-order chi connectivity index (χ1) is 12.0. The fraction of sp³-hybridized carbons (Fsp3) is 0. The van der Waals surface area contributed by atoms with Gasteiger partial charge in [-0.2, -0.15) is 0 Å². The zero-order valence-corrected chi connectivity index (χ0v) is 13.5. The lowest BCUT2D eigenvalue weighted by atomic mass is 10.3. The SMILES string of the molecule is O=C(Nc1ccccc1)c1sccc1Oc1ccc(F)cc1[N+](=O)[O-]. The maximum atomic E-state index is 13.2. The van der Waals surface area contributed by atoms with E-state index in [1.807, 2.05) is 6.07 Å². The Morgan fingerprint density at radius 3 is 2.60 bits per heavy atom. The molecule has 0 saturated heterocycles. The lowest BCUT2D eigenvalue weighted by Crippen LogP contribution is -2.11. The number of benzene rings is 2. The van der Waals surface area contributed by atoms with Crippen LogP contribution in [0.3, 0.4) is 0 Å². The predicted molar refractivity (Wildman–Crippen MR) is 91.8 cm³/mol. The number of amides is 1. The zero-order valence-electron chi connectivity index (χ0n) is 12.6. The number of halogens is 1. The van der Waals surface area contributed by atoms with E-state index >= 15 is 0 Å². The van der Waals surface area contributed by atoms with Crippen molar-refractivity contribution in [3.05, 3.63) is 80.8 Å². The molecule has 3 aromatic rings. The van der Waals surface area contributed by atoms with Crippen LogP contribution < -0.4 is 10.1 Å². The number of anilines is 1. The Bertz CT molecular complexity index is 927. The fourth-order valence-electron chi connectivity index (χ4n) is 2.09. The Balaban J connectivity index is 1.85. The highest BCUT2D eigenvalue weighted by molar-refractivity contribution is 7.12. The Kier molecular flexibility index (Phi) is 4.71. The highest BCUT2D eigenvalue weighted by Crippen LogP contribution is 2.35. The number of nitro groups is 1. The van der Waals surface area contributed by atoms with Crippen LogP contribution in [0.15, 0.2) is 60.0 Å². The number of hydrogen-bond donors (Lipinski definition) is 1. The van der Waals surface area contributed by atoms with Crippen molar-refractivity contribution in [1.82, 2.24) is 0 Å². The molecule has 1 amide bonds. The highest BCUT2D eigenvalue weighted by Gasteiger charge is 2.21. The van der Waals surface area contributed by atoms with Gasteiger partial charge in [0.25, 0.3) is 5.91 Å². The molecular weight excluding hydrogens is 347 g/mol. The number of ether oxygens (including phenoxy) is 1. The lowest BCUT2D eigenvalue weighted by molar-refractivity contribution is -0.385. The van der Waals surface area contributed by atoms with E-state index in [4.69, 9.17) is 4.74 Å². The first-order valence-electron chi connectivity index (χ1n) is 7.10. The molecule has 1 N–H and O–H groups in total. The van der Waals surface area contributed by atoms with E-state index < -0.39 is 22.3 Å². The minimum Gasteiger partial charge on any atom is -0.448 e. The van der Waals surface area contributed by atoms with E-state index in [0.29, 0.717) is 5.69 Å². The number of carbonyl (C=O) groups is 1. The van der Waals surface area contributed by atoms with Crippen molar-refractivity contribution in [2.45, 2.75) is 0 Å². The molecule has 0 atom stereocenters. The molecule has 6 nitrogen and oxygen atoms in total. The standard InChI is InChI=1S/C17H11FN2O4S/c18-11-6-7-14(13(10-11)20(22)23)24-15-8-9-25-16(15)17(21)19-12-4-2-1-3-5-12/h1-10H,(H,19,21). The first kappa shape index (κ1) is 16.6. The van der Waals surface area contributed by atoms with Gasteiger partial charge in [0.15, 0.2) is 5.75 Å². The molecule has 0 spiro atoms. The van der Waals surface area contributed by atoms with Crippen LogP contribution >= 0.6 is 11.3 Å². The van der Waals surface area contributed by atoms with E-state index in [2.05, 4.69) is 5.32 Å². The Morgan fingerprint density at radius 1 is 1.12 bits per heavy atom. The summed E-state index contributed by atoms with van der Waals surface area (Å²) in [6.07, 6.45) is 0. The molecule has 0 unspecified atom stereocenters. The van der Waals surface area contributed by atoms with Crippen molar-refractivity contribution in [1.29, 1.82) is 0 Å². The summed E-state index contributed by atoms with van der Waals surface area (Å²) in [6, 6.07) is 13.4. The minimum absolute atomic E-state index is 0.140. The van der Waals surface area contributed by atoms with Crippen LogP contribution in [0.2, 0.25) is 0 Å². The van der Waals surface area contributed by atoms with E-state index in [9.17, 15) is 19.3 Å². The van der Waals surface area contributed by atoms with Gasteiger partial charge in [-0.1, -0.05) is 18.2 Å². The third-order valence-corrected chi connectivity index (χ3v) is 4.10. The molecule has 0 aliphatic carbocycles. The molecular formula is C17H11FN2O4S. The molecule has 0 saturated carbocycles. The molecule has 0 aliphatic rings. The number of para-hydroxylation sites is 1. The number of thiophene rings is 1. The summed E-state index contributed by atoms with van der Waals surface area (Å²) in [5, 5.41) is 15.4. The van der Waals surface area contributed by atoms with Gasteiger partial charge in [0.05, 0.1) is 11.0 Å². The molecule has 1 aromatic heterocycles. The van der Waals surface area contributed by atoms with Gasteiger partial charge in [0.1, 0.15) is 10.7 Å². The van der Waals surface area contributed by atoms with Crippen LogP contribution in [0.1, 0.15) is 9.67 Å². The molecule has 0 radical (unpaired) electrons. The predicted octanol–water partition coefficient (Wildman–Crippen LogP) is 4.84. The Hall–Kier alpha value is -3.26. The second-order valence-electron chi connectivity index (χ2n) is 4.91. The number of hydrogen-bond acceptors (Lipinski definition) is 5. The van der Waals surface area contributed by atoms with E-state index in [1.165, 1.54) is 6.07 Å². The average molecular weight is 358 g/mol. The van der Waals surface area contributed by atoms with Gasteiger partial charge in [0.2, 0.25) is 5.75 Å². The molecule has 25 heavy (non-hydrogen) atoms. The summed E-state index contributed by atoms with van der Waals surface area (Å²) in [5.41, 5.74) is 0.0974. The Labute approximate surface area is 145 Å². The molecule has 8 heteroatoms. The summed E-state index contributed by atoms with van der Waals surface area (Å²) in [5.74, 6) is -1.13. The topological polar surface area (TPSA) is 81.5 Å². The second kappa shape index (κ2) is 7.10. The number of rotatable bonds is 5. The van der Waals surface area contributed by atoms with E-state index in [0.717, 1.165) is 29.5 Å². The van der Waals surface area contributed by atoms with Crippen LogP contribution in [0, 0.1) is 15.9 Å². The molecule has 0 bridgehead atoms. The van der Waals surface area contributed by atoms with Gasteiger partial charge in [0, 0.05) is 5.69 Å². The summed E-state index contributed by atoms with van der Waals surface area (Å²) >= 11 is 1.13. The molecule has 126 valence electrons. The van der Waals surface area contributed by atoms with Crippen LogP contribution in [0.5, 0.6) is 11.5 Å². The van der Waals surface area contributed by atoms with Crippen molar-refractivity contribution in [3.63, 3.8) is 0 Å². The first-order valence-corrected chi connectivity index (χ1v) is 7.98. The highest BCUT2D eigenvalue weighted by atomic mass is 32.1. The van der Waals surface area contributed by atoms with Gasteiger partial charge in [-0.25, -0.2) is 4.39 Å².